The Bertz CT molecular complexity index is 407. The van der Waals surface area contributed by atoms with Crippen molar-refractivity contribution in [3.63, 3.8) is 0 Å². The maximum atomic E-state index is 11.3. The number of hydrogen-bond donors (Lipinski definition) is 1. The fraction of sp³-hybridized carbons (Fsp3) is 0.462. The van der Waals surface area contributed by atoms with Gasteiger partial charge in [0.2, 0.25) is 0 Å². The van der Waals surface area contributed by atoms with Crippen LogP contribution in [0.15, 0.2) is 22.7 Å². The molecule has 0 unspecified atom stereocenters. The first-order chi connectivity index (χ1) is 8.52. The van der Waals surface area contributed by atoms with Crippen molar-refractivity contribution in [2.24, 2.45) is 5.73 Å². The van der Waals surface area contributed by atoms with E-state index >= 15 is 0 Å². The number of carbonyl (C=O) groups is 1. The zero-order valence-electron chi connectivity index (χ0n) is 10.6. The van der Waals surface area contributed by atoms with Crippen molar-refractivity contribution in [3.8, 4) is 5.75 Å². The number of halogens is 1. The lowest BCUT2D eigenvalue weighted by Crippen LogP contribution is -2.18. The molecular weight excluding hydrogens is 298 g/mol. The van der Waals surface area contributed by atoms with E-state index in [4.69, 9.17) is 15.2 Å². The number of rotatable bonds is 6. The second kappa shape index (κ2) is 7.38. The van der Waals surface area contributed by atoms with Gasteiger partial charge in [-0.3, -0.25) is 0 Å². The van der Waals surface area contributed by atoms with E-state index in [-0.39, 0.29) is 18.7 Å². The second-order valence-electron chi connectivity index (χ2n) is 4.12. The van der Waals surface area contributed by atoms with Crippen LogP contribution < -0.4 is 10.5 Å². The predicted molar refractivity (Wildman–Crippen MR) is 73.6 cm³/mol. The lowest BCUT2D eigenvalue weighted by Gasteiger charge is -2.10. The van der Waals surface area contributed by atoms with E-state index in [0.717, 1.165) is 16.5 Å². The molecule has 0 bridgehead atoms. The molecule has 1 rings (SSSR count). The Hall–Kier alpha value is -1.07. The predicted octanol–water partition coefficient (Wildman–Crippen LogP) is 2.28. The minimum absolute atomic E-state index is 0.0815. The van der Waals surface area contributed by atoms with Crippen LogP contribution in [-0.2, 0) is 16.0 Å². The molecule has 1 aromatic rings. The zero-order chi connectivity index (χ0) is 13.5. The van der Waals surface area contributed by atoms with Gasteiger partial charge in [0.1, 0.15) is 5.75 Å². The molecule has 0 amide bonds. The third-order valence-corrected chi connectivity index (χ3v) is 2.93. The number of hydrogen-bond acceptors (Lipinski definition) is 4. The van der Waals surface area contributed by atoms with E-state index in [1.807, 2.05) is 12.1 Å². The molecule has 0 aromatic heterocycles. The van der Waals surface area contributed by atoms with Crippen LogP contribution in [0.2, 0.25) is 0 Å². The maximum absolute atomic E-state index is 11.3. The summed E-state index contributed by atoms with van der Waals surface area (Å²) in [7, 11) is 0. The molecule has 0 heterocycles. The van der Waals surface area contributed by atoms with Gasteiger partial charge >= 0.3 is 5.97 Å². The molecule has 0 spiro atoms. The summed E-state index contributed by atoms with van der Waals surface area (Å²) in [4.78, 5) is 11.3. The molecule has 100 valence electrons. The molecule has 18 heavy (non-hydrogen) atoms. The van der Waals surface area contributed by atoms with Crippen molar-refractivity contribution in [2.45, 2.75) is 26.4 Å². The van der Waals surface area contributed by atoms with Crippen molar-refractivity contribution in [1.82, 2.24) is 0 Å². The summed E-state index contributed by atoms with van der Waals surface area (Å²) >= 11 is 3.44. The third kappa shape index (κ3) is 5.06. The summed E-state index contributed by atoms with van der Waals surface area (Å²) in [5.41, 5.74) is 6.58. The molecule has 0 aliphatic rings. The topological polar surface area (TPSA) is 61.5 Å². The molecule has 0 radical (unpaired) electrons. The van der Waals surface area contributed by atoms with Gasteiger partial charge in [-0.15, -0.1) is 0 Å². The lowest BCUT2D eigenvalue weighted by molar-refractivity contribution is -0.149. The highest BCUT2D eigenvalue weighted by Crippen LogP contribution is 2.22. The van der Waals surface area contributed by atoms with E-state index in [1.165, 1.54) is 0 Å². The smallest absolute Gasteiger partial charge is 0.344 e. The molecule has 0 atom stereocenters. The molecule has 1 aromatic carbocycles. The fourth-order valence-corrected chi connectivity index (χ4v) is 1.87. The highest BCUT2D eigenvalue weighted by atomic mass is 79.9. The summed E-state index contributed by atoms with van der Waals surface area (Å²) in [5, 5.41) is 0. The largest absolute Gasteiger partial charge is 0.482 e. The molecule has 0 saturated heterocycles. The molecule has 0 aliphatic carbocycles. The first kappa shape index (κ1) is 15.0. The standard InChI is InChI=1S/C13H18BrNO3/c1-9(2)18-13(16)8-17-11-3-4-12(14)10(7-11)5-6-15/h3-4,7,9H,5-6,8,15H2,1-2H3. The maximum Gasteiger partial charge on any atom is 0.344 e. The van der Waals surface area contributed by atoms with Gasteiger partial charge in [-0.1, -0.05) is 15.9 Å². The van der Waals surface area contributed by atoms with Gasteiger partial charge in [-0.05, 0) is 50.6 Å². The van der Waals surface area contributed by atoms with Crippen LogP contribution in [-0.4, -0.2) is 25.2 Å². The summed E-state index contributed by atoms with van der Waals surface area (Å²) in [5.74, 6) is 0.274. The number of esters is 1. The Morgan fingerprint density at radius 3 is 2.78 bits per heavy atom. The average molecular weight is 316 g/mol. The molecule has 0 fully saturated rings. The van der Waals surface area contributed by atoms with E-state index in [0.29, 0.717) is 12.3 Å². The van der Waals surface area contributed by atoms with Crippen molar-refractivity contribution in [2.75, 3.05) is 13.2 Å². The molecule has 0 aliphatic heterocycles. The van der Waals surface area contributed by atoms with Gasteiger partial charge < -0.3 is 15.2 Å². The monoisotopic (exact) mass is 315 g/mol. The summed E-state index contributed by atoms with van der Waals surface area (Å²) in [6.07, 6.45) is 0.632. The van der Waals surface area contributed by atoms with E-state index in [2.05, 4.69) is 15.9 Å². The number of benzene rings is 1. The van der Waals surface area contributed by atoms with Gasteiger partial charge in [0.15, 0.2) is 6.61 Å². The molecular formula is C13H18BrNO3. The second-order valence-corrected chi connectivity index (χ2v) is 4.97. The van der Waals surface area contributed by atoms with Crippen LogP contribution in [0, 0.1) is 0 Å². The van der Waals surface area contributed by atoms with E-state index in [1.54, 1.807) is 19.9 Å². The Morgan fingerprint density at radius 2 is 2.17 bits per heavy atom. The first-order valence-corrected chi connectivity index (χ1v) is 6.63. The molecule has 4 nitrogen and oxygen atoms in total. The highest BCUT2D eigenvalue weighted by Gasteiger charge is 2.07. The summed E-state index contributed by atoms with van der Waals surface area (Å²) in [6.45, 7) is 4.09. The Labute approximate surface area is 116 Å². The average Bonchev–Trinajstić information content (AvgIpc) is 2.29. The van der Waals surface area contributed by atoms with Crippen LogP contribution in [0.25, 0.3) is 0 Å². The van der Waals surface area contributed by atoms with Crippen LogP contribution in [0.4, 0.5) is 0 Å². The van der Waals surface area contributed by atoms with Gasteiger partial charge in [0, 0.05) is 4.47 Å². The number of ether oxygens (including phenoxy) is 2. The third-order valence-electron chi connectivity index (χ3n) is 2.15. The zero-order valence-corrected chi connectivity index (χ0v) is 12.2. The fourth-order valence-electron chi connectivity index (χ4n) is 1.43. The molecule has 5 heteroatoms. The summed E-state index contributed by atoms with van der Waals surface area (Å²) < 4.78 is 11.3. The van der Waals surface area contributed by atoms with Crippen molar-refractivity contribution >= 4 is 21.9 Å². The lowest BCUT2D eigenvalue weighted by atomic mass is 10.1. The normalized spacial score (nSPS) is 10.5. The van der Waals surface area contributed by atoms with Crippen LogP contribution in [0.3, 0.4) is 0 Å². The van der Waals surface area contributed by atoms with Gasteiger partial charge in [-0.2, -0.15) is 0 Å². The molecule has 0 saturated carbocycles. The van der Waals surface area contributed by atoms with Gasteiger partial charge in [0.05, 0.1) is 6.10 Å². The number of nitrogens with two attached hydrogens (primary N) is 1. The van der Waals surface area contributed by atoms with Crippen LogP contribution >= 0.6 is 15.9 Å². The van der Waals surface area contributed by atoms with Crippen LogP contribution in [0.1, 0.15) is 19.4 Å². The van der Waals surface area contributed by atoms with Crippen LogP contribution in [0.5, 0.6) is 5.75 Å². The van der Waals surface area contributed by atoms with E-state index in [9.17, 15) is 4.79 Å². The number of carbonyl (C=O) groups excluding carboxylic acids is 1. The SMILES string of the molecule is CC(C)OC(=O)COc1ccc(Br)c(CCN)c1. The van der Waals surface area contributed by atoms with Crippen molar-refractivity contribution in [1.29, 1.82) is 0 Å². The Morgan fingerprint density at radius 1 is 1.44 bits per heavy atom. The molecule has 2 N–H and O–H groups in total. The Kier molecular flexibility index (Phi) is 6.15. The van der Waals surface area contributed by atoms with E-state index < -0.39 is 0 Å². The van der Waals surface area contributed by atoms with Gasteiger partial charge in [0.25, 0.3) is 0 Å². The Balaban J connectivity index is 2.57. The van der Waals surface area contributed by atoms with Gasteiger partial charge in [-0.25, -0.2) is 4.79 Å². The summed E-state index contributed by atoms with van der Waals surface area (Å²) in [6, 6.07) is 5.56. The first-order valence-electron chi connectivity index (χ1n) is 5.83. The highest BCUT2D eigenvalue weighted by molar-refractivity contribution is 9.10. The minimum atomic E-state index is -0.367. The minimum Gasteiger partial charge on any atom is -0.482 e. The van der Waals surface area contributed by atoms with Crippen molar-refractivity contribution < 1.29 is 14.3 Å². The van der Waals surface area contributed by atoms with Crippen molar-refractivity contribution in [3.05, 3.63) is 28.2 Å². The quantitative estimate of drug-likeness (QED) is 0.818.